The van der Waals surface area contributed by atoms with Crippen molar-refractivity contribution in [1.29, 1.82) is 0 Å². The van der Waals surface area contributed by atoms with Gasteiger partial charge in [0.15, 0.2) is 22.4 Å². The van der Waals surface area contributed by atoms with Crippen molar-refractivity contribution in [1.82, 2.24) is 14.4 Å². The molecule has 0 spiro atoms. The molecule has 3 aromatic heterocycles. The minimum atomic E-state index is -1.01. The molecule has 6 rings (SSSR count). The van der Waals surface area contributed by atoms with E-state index in [1.54, 1.807) is 25.1 Å². The van der Waals surface area contributed by atoms with Crippen LogP contribution in [-0.4, -0.2) is 52.0 Å². The largest absolute Gasteiger partial charge is 0.505 e. The van der Waals surface area contributed by atoms with Crippen LogP contribution in [0.5, 0.6) is 17.2 Å². The van der Waals surface area contributed by atoms with E-state index in [0.29, 0.717) is 51.4 Å². The summed E-state index contributed by atoms with van der Waals surface area (Å²) < 4.78 is 19.2. The van der Waals surface area contributed by atoms with Crippen LogP contribution in [0.1, 0.15) is 35.5 Å². The highest BCUT2D eigenvalue weighted by Gasteiger charge is 2.49. The summed E-state index contributed by atoms with van der Waals surface area (Å²) in [7, 11) is 3.03. The Morgan fingerprint density at radius 1 is 1.02 bits per heavy atom. The number of hydrogen-bond acceptors (Lipinski definition) is 9. The number of aliphatic hydroxyl groups excluding tert-OH is 1. The second-order valence-corrected chi connectivity index (χ2v) is 10.8. The van der Waals surface area contributed by atoms with Crippen LogP contribution in [0.2, 0.25) is 0 Å². The molecular formula is C31H28N4O6S. The van der Waals surface area contributed by atoms with Crippen LogP contribution in [-0.2, 0) is 9.59 Å². The lowest BCUT2D eigenvalue weighted by Gasteiger charge is -2.23. The zero-order valence-corrected chi connectivity index (χ0v) is 24.5. The van der Waals surface area contributed by atoms with Crippen molar-refractivity contribution in [2.75, 3.05) is 25.7 Å². The molecule has 0 radical (unpaired) electrons. The number of ketones is 1. The summed E-state index contributed by atoms with van der Waals surface area (Å²) in [4.78, 5) is 38.2. The van der Waals surface area contributed by atoms with Gasteiger partial charge in [-0.1, -0.05) is 23.5 Å². The number of fused-ring (bicyclic) bond motifs is 2. The SMILES string of the molecule is CCOc1ccc2nc(N3C(=O)C(=O)/C(=C(/O)c4nc5c(C)cccn5c4C)C3c3ccc(OC)c(OC)c3)sc2c1. The number of imidazole rings is 1. The fourth-order valence-corrected chi connectivity index (χ4v) is 6.32. The predicted octanol–water partition coefficient (Wildman–Crippen LogP) is 5.60. The van der Waals surface area contributed by atoms with Crippen molar-refractivity contribution < 1.29 is 28.9 Å². The highest BCUT2D eigenvalue weighted by molar-refractivity contribution is 7.22. The van der Waals surface area contributed by atoms with Crippen molar-refractivity contribution in [3.63, 3.8) is 0 Å². The normalized spacial score (nSPS) is 16.5. The van der Waals surface area contributed by atoms with Crippen LogP contribution >= 0.6 is 11.3 Å². The third kappa shape index (κ3) is 4.24. The number of hydrogen-bond donors (Lipinski definition) is 1. The number of ether oxygens (including phenoxy) is 3. The molecular weight excluding hydrogens is 556 g/mol. The maximum absolute atomic E-state index is 13.8. The van der Waals surface area contributed by atoms with E-state index < -0.39 is 17.7 Å². The molecule has 4 heterocycles. The molecule has 214 valence electrons. The maximum Gasteiger partial charge on any atom is 0.301 e. The minimum absolute atomic E-state index is 0.0920. The third-order valence-corrected chi connectivity index (χ3v) is 8.36. The average Bonchev–Trinajstić information content (AvgIpc) is 3.64. The summed E-state index contributed by atoms with van der Waals surface area (Å²) in [5.74, 6) is -0.445. The van der Waals surface area contributed by atoms with Crippen molar-refractivity contribution in [3.05, 3.63) is 82.8 Å². The molecule has 11 heteroatoms. The second-order valence-electron chi connectivity index (χ2n) is 9.77. The number of methoxy groups -OCH3 is 2. The van der Waals surface area contributed by atoms with E-state index in [1.807, 2.05) is 54.8 Å². The number of nitrogens with zero attached hydrogens (tertiary/aromatic N) is 4. The average molecular weight is 585 g/mol. The Morgan fingerprint density at radius 2 is 1.81 bits per heavy atom. The Kier molecular flexibility index (Phi) is 6.82. The van der Waals surface area contributed by atoms with Gasteiger partial charge in [-0.3, -0.25) is 14.5 Å². The maximum atomic E-state index is 13.8. The summed E-state index contributed by atoms with van der Waals surface area (Å²) in [5, 5.41) is 12.1. The number of Topliss-reactive ketones (excluding diaryl/α,β-unsaturated/α-hetero) is 1. The molecule has 1 unspecified atom stereocenters. The highest BCUT2D eigenvalue weighted by Crippen LogP contribution is 2.46. The molecule has 1 aliphatic heterocycles. The van der Waals surface area contributed by atoms with E-state index in [9.17, 15) is 14.7 Å². The van der Waals surface area contributed by atoms with Gasteiger partial charge in [-0.15, -0.1) is 0 Å². The van der Waals surface area contributed by atoms with Gasteiger partial charge in [0.25, 0.3) is 5.78 Å². The molecule has 0 aliphatic carbocycles. The summed E-state index contributed by atoms with van der Waals surface area (Å²) in [5.41, 5.74) is 3.48. The van der Waals surface area contributed by atoms with Crippen molar-refractivity contribution in [2.24, 2.45) is 0 Å². The summed E-state index contributed by atoms with van der Waals surface area (Å²) in [6.45, 7) is 6.13. The summed E-state index contributed by atoms with van der Waals surface area (Å²) in [6, 6.07) is 13.4. The van der Waals surface area contributed by atoms with Crippen LogP contribution in [0.15, 0.2) is 60.3 Å². The lowest BCUT2D eigenvalue weighted by atomic mass is 9.96. The summed E-state index contributed by atoms with van der Waals surface area (Å²) >= 11 is 1.26. The Balaban J connectivity index is 1.59. The zero-order chi connectivity index (χ0) is 29.7. The molecule has 1 amide bonds. The lowest BCUT2D eigenvalue weighted by Crippen LogP contribution is -2.29. The number of carbonyl (C=O) groups is 2. The van der Waals surface area contributed by atoms with Gasteiger partial charge in [0.2, 0.25) is 0 Å². The molecule has 1 N–H and O–H groups in total. The number of carbonyl (C=O) groups excluding carboxylic acids is 2. The third-order valence-electron chi connectivity index (χ3n) is 7.34. The number of rotatable bonds is 7. The van der Waals surface area contributed by atoms with Gasteiger partial charge < -0.3 is 23.7 Å². The first-order chi connectivity index (χ1) is 20.3. The number of thiazole rings is 1. The fraction of sp³-hybridized carbons (Fsp3) is 0.226. The number of amides is 1. The van der Waals surface area contributed by atoms with E-state index in [1.165, 1.54) is 30.5 Å². The van der Waals surface area contributed by atoms with Crippen LogP contribution in [0.25, 0.3) is 21.6 Å². The Hall–Kier alpha value is -4.90. The summed E-state index contributed by atoms with van der Waals surface area (Å²) in [6.07, 6.45) is 1.84. The molecule has 0 saturated carbocycles. The smallest absolute Gasteiger partial charge is 0.301 e. The van der Waals surface area contributed by atoms with Gasteiger partial charge in [0.1, 0.15) is 17.1 Å². The standard InChI is InChI=1S/C31H28N4O6S/c1-6-41-19-10-11-20-23(15-19)42-31(32-20)35-26(18-9-12-21(39-4)22(14-18)40-5)24(28(37)30(35)38)27(36)25-17(3)34-13-7-8-16(2)29(34)33-25/h7-15,26,36H,6H2,1-5H3/b27-24+. The van der Waals surface area contributed by atoms with Gasteiger partial charge in [-0.25, -0.2) is 9.97 Å². The molecule has 5 aromatic rings. The van der Waals surface area contributed by atoms with Crippen LogP contribution in [0, 0.1) is 13.8 Å². The first kappa shape index (κ1) is 27.3. The van der Waals surface area contributed by atoms with Crippen LogP contribution in [0.3, 0.4) is 0 Å². The molecule has 1 aliphatic rings. The molecule has 1 fully saturated rings. The van der Waals surface area contributed by atoms with Crippen LogP contribution < -0.4 is 19.1 Å². The van der Waals surface area contributed by atoms with Crippen molar-refractivity contribution >= 4 is 49.8 Å². The van der Waals surface area contributed by atoms with E-state index >= 15 is 0 Å². The van der Waals surface area contributed by atoms with Crippen LogP contribution in [0.4, 0.5) is 5.13 Å². The van der Waals surface area contributed by atoms with Gasteiger partial charge in [-0.2, -0.15) is 0 Å². The first-order valence-electron chi connectivity index (χ1n) is 13.3. The molecule has 2 aromatic carbocycles. The van der Waals surface area contributed by atoms with E-state index in [2.05, 4.69) is 4.98 Å². The van der Waals surface area contributed by atoms with E-state index in [4.69, 9.17) is 19.2 Å². The molecule has 0 bridgehead atoms. The molecule has 42 heavy (non-hydrogen) atoms. The topological polar surface area (TPSA) is 115 Å². The monoisotopic (exact) mass is 584 g/mol. The number of anilines is 1. The van der Waals surface area contributed by atoms with E-state index in [-0.39, 0.29) is 17.0 Å². The van der Waals surface area contributed by atoms with Gasteiger partial charge in [-0.05, 0) is 68.3 Å². The highest BCUT2D eigenvalue weighted by atomic mass is 32.1. The Morgan fingerprint density at radius 3 is 2.52 bits per heavy atom. The lowest BCUT2D eigenvalue weighted by molar-refractivity contribution is -0.132. The van der Waals surface area contributed by atoms with Gasteiger partial charge in [0, 0.05) is 6.20 Å². The first-order valence-corrected chi connectivity index (χ1v) is 14.1. The predicted molar refractivity (Wildman–Crippen MR) is 160 cm³/mol. The number of benzene rings is 2. The molecule has 1 atom stereocenters. The number of aromatic nitrogens is 3. The zero-order valence-electron chi connectivity index (χ0n) is 23.7. The van der Waals surface area contributed by atoms with Crippen molar-refractivity contribution in [3.8, 4) is 17.2 Å². The second kappa shape index (κ2) is 10.5. The number of aryl methyl sites for hydroxylation is 2. The number of pyridine rings is 1. The fourth-order valence-electron chi connectivity index (χ4n) is 5.29. The number of aliphatic hydroxyl groups is 1. The Labute approximate surface area is 245 Å². The quantitative estimate of drug-likeness (QED) is 0.149. The minimum Gasteiger partial charge on any atom is -0.505 e. The Bertz CT molecular complexity index is 1920. The molecule has 1 saturated heterocycles. The van der Waals surface area contributed by atoms with Gasteiger partial charge in [0.05, 0.1) is 48.4 Å². The van der Waals surface area contributed by atoms with Crippen molar-refractivity contribution in [2.45, 2.75) is 26.8 Å². The molecule has 10 nitrogen and oxygen atoms in total. The van der Waals surface area contributed by atoms with E-state index in [0.717, 1.165) is 10.3 Å². The van der Waals surface area contributed by atoms with Gasteiger partial charge >= 0.3 is 5.91 Å².